The number of rotatable bonds is 14. The maximum absolute atomic E-state index is 2.46. The molecule has 0 aliphatic rings. The molecule has 27 rings (SSSR count). The molecule has 0 saturated carbocycles. The molecule has 132 heavy (non-hydrogen) atoms. The minimum atomic E-state index is 1.11. The second-order valence-corrected chi connectivity index (χ2v) is 35.1. The van der Waals surface area contributed by atoms with Crippen molar-refractivity contribution in [3.63, 3.8) is 0 Å². The highest BCUT2D eigenvalue weighted by atomic mass is 15.0. The summed E-state index contributed by atoms with van der Waals surface area (Å²) < 4.78 is 14.6. The van der Waals surface area contributed by atoms with Gasteiger partial charge >= 0.3 is 0 Å². The van der Waals surface area contributed by atoms with E-state index in [4.69, 9.17) is 0 Å². The van der Waals surface area contributed by atoms with Crippen LogP contribution in [0, 0.1) is 0 Å². The summed E-state index contributed by atoms with van der Waals surface area (Å²) in [5.74, 6) is 0. The summed E-state index contributed by atoms with van der Waals surface area (Å²) >= 11 is 0. The van der Waals surface area contributed by atoms with E-state index < -0.39 is 0 Å². The van der Waals surface area contributed by atoms with Gasteiger partial charge in [0.1, 0.15) is 0 Å². The Morgan fingerprint density at radius 1 is 0.0985 bits per heavy atom. The van der Waals surface area contributed by atoms with Crippen LogP contribution in [0.4, 0.5) is 0 Å². The highest BCUT2D eigenvalue weighted by Gasteiger charge is 2.24. The molecule has 6 heteroatoms. The highest BCUT2D eigenvalue weighted by Crippen LogP contribution is 2.47. The number of hydrogen-bond donors (Lipinski definition) is 0. The van der Waals surface area contributed by atoms with Gasteiger partial charge in [-0.2, -0.15) is 0 Å². The fraction of sp³-hybridized carbons (Fsp3) is 0. The Kier molecular flexibility index (Phi) is 17.0. The van der Waals surface area contributed by atoms with E-state index in [1.165, 1.54) is 170 Å². The number of benzene rings is 21. The van der Waals surface area contributed by atoms with Crippen LogP contribution in [-0.2, 0) is 0 Å². The summed E-state index contributed by atoms with van der Waals surface area (Å²) in [6, 6.07) is 180. The summed E-state index contributed by atoms with van der Waals surface area (Å²) in [5, 5.41) is 14.7. The van der Waals surface area contributed by atoms with Gasteiger partial charge in [-0.05, 0) is 277 Å². The van der Waals surface area contributed by atoms with Gasteiger partial charge in [0, 0.05) is 98.8 Å². The minimum Gasteiger partial charge on any atom is -0.309 e. The van der Waals surface area contributed by atoms with Crippen LogP contribution < -0.4 is 0 Å². The molecule has 0 spiro atoms. The molecule has 0 fully saturated rings. The molecule has 614 valence electrons. The standard InChI is InChI=1S/C126H80N6/c1-4-34-96(35-5-1)127-115-49-16-11-43-104(115)110-75-90(58-66-119(110)127)84-28-21-29-85(71-84)91-59-67-120-111(76-91)105-44-12-17-50-116(105)128(120)99-62-54-81(55-63-99)102-47-25-53-123-126(102)109-46-14-19-52-118(109)132(123)101-41-24-33-89(74-101)83-27-20-26-82(70-83)88-32-23-40-100(73-88)131-117-51-18-13-45-106(117)112-77-92(61-69-122(112)131)93-60-68-121-113(78-93)108-65-57-95(80-125(108)130(121)98-38-8-3-9-39-98)87-31-22-30-86(72-87)94-56-64-107-103-42-10-15-48-114(103)129(124(107)79-94)97-36-6-2-7-37-97/h1-80H. The lowest BCUT2D eigenvalue weighted by Gasteiger charge is -2.13. The lowest BCUT2D eigenvalue weighted by Crippen LogP contribution is -1.95. The number of nitrogens with zero attached hydrogens (tertiary/aromatic N) is 6. The van der Waals surface area contributed by atoms with Crippen LogP contribution in [0.3, 0.4) is 0 Å². The van der Waals surface area contributed by atoms with E-state index in [0.717, 1.165) is 84.0 Å². The van der Waals surface area contributed by atoms with Gasteiger partial charge in [-0.3, -0.25) is 0 Å². The van der Waals surface area contributed by atoms with Gasteiger partial charge < -0.3 is 27.4 Å². The predicted octanol–water partition coefficient (Wildman–Crippen LogP) is 33.6. The Morgan fingerprint density at radius 2 is 0.318 bits per heavy atom. The molecule has 0 saturated heterocycles. The second kappa shape index (κ2) is 30.0. The van der Waals surface area contributed by atoms with Gasteiger partial charge in [0.25, 0.3) is 0 Å². The van der Waals surface area contributed by atoms with E-state index in [1.54, 1.807) is 0 Å². The molecule has 6 nitrogen and oxygen atoms in total. The average molecular weight is 1680 g/mol. The first-order chi connectivity index (χ1) is 65.4. The van der Waals surface area contributed by atoms with Crippen molar-refractivity contribution in [2.75, 3.05) is 0 Å². The first-order valence-electron chi connectivity index (χ1n) is 45.5. The first-order valence-corrected chi connectivity index (χ1v) is 45.5. The topological polar surface area (TPSA) is 29.6 Å². The molecular weight excluding hydrogens is 1600 g/mol. The van der Waals surface area contributed by atoms with E-state index >= 15 is 0 Å². The fourth-order valence-electron chi connectivity index (χ4n) is 21.7. The molecule has 0 aliphatic carbocycles. The summed E-state index contributed by atoms with van der Waals surface area (Å²) in [7, 11) is 0. The van der Waals surface area contributed by atoms with Crippen molar-refractivity contribution in [2.45, 2.75) is 0 Å². The Bertz CT molecular complexity index is 9390. The maximum Gasteiger partial charge on any atom is 0.0547 e. The van der Waals surface area contributed by atoms with Crippen molar-refractivity contribution in [1.29, 1.82) is 0 Å². The summed E-state index contributed by atoms with van der Waals surface area (Å²) in [6.07, 6.45) is 0. The number of para-hydroxylation sites is 8. The molecule has 0 amide bonds. The quantitative estimate of drug-likeness (QED) is 0.104. The van der Waals surface area contributed by atoms with E-state index in [2.05, 4.69) is 513 Å². The van der Waals surface area contributed by atoms with Crippen LogP contribution in [0.25, 0.3) is 254 Å². The zero-order valence-corrected chi connectivity index (χ0v) is 71.9. The van der Waals surface area contributed by atoms with Crippen LogP contribution >= 0.6 is 0 Å². The van der Waals surface area contributed by atoms with Crippen molar-refractivity contribution in [3.8, 4) is 123 Å². The zero-order chi connectivity index (χ0) is 86.6. The third-order valence-electron chi connectivity index (χ3n) is 27.8. The molecule has 6 heterocycles. The van der Waals surface area contributed by atoms with Crippen molar-refractivity contribution in [1.82, 2.24) is 27.4 Å². The van der Waals surface area contributed by atoms with Gasteiger partial charge in [-0.25, -0.2) is 0 Å². The highest BCUT2D eigenvalue weighted by molar-refractivity contribution is 6.19. The van der Waals surface area contributed by atoms with Crippen LogP contribution in [0.15, 0.2) is 485 Å². The third-order valence-corrected chi connectivity index (χ3v) is 27.8. The second-order valence-electron chi connectivity index (χ2n) is 35.1. The molecule has 0 atom stereocenters. The predicted molar refractivity (Wildman–Crippen MR) is 556 cm³/mol. The van der Waals surface area contributed by atoms with Crippen LogP contribution in [0.5, 0.6) is 0 Å². The maximum atomic E-state index is 2.46. The van der Waals surface area contributed by atoms with Crippen molar-refractivity contribution >= 4 is 131 Å². The van der Waals surface area contributed by atoms with Gasteiger partial charge in [0.2, 0.25) is 0 Å². The van der Waals surface area contributed by atoms with E-state index in [1.807, 2.05) is 0 Å². The van der Waals surface area contributed by atoms with Gasteiger partial charge in [0.05, 0.1) is 66.2 Å². The molecule has 0 radical (unpaired) electrons. The number of hydrogen-bond acceptors (Lipinski definition) is 0. The van der Waals surface area contributed by atoms with Gasteiger partial charge in [-0.15, -0.1) is 0 Å². The number of aromatic nitrogens is 6. The Morgan fingerprint density at radius 3 is 0.697 bits per heavy atom. The largest absolute Gasteiger partial charge is 0.309 e. The Balaban J connectivity index is 0.479. The van der Waals surface area contributed by atoms with Gasteiger partial charge in [-0.1, -0.05) is 297 Å². The molecular formula is C126H80N6. The zero-order valence-electron chi connectivity index (χ0n) is 71.9. The smallest absolute Gasteiger partial charge is 0.0547 e. The summed E-state index contributed by atoms with van der Waals surface area (Å²) in [4.78, 5) is 0. The first kappa shape index (κ1) is 74.6. The van der Waals surface area contributed by atoms with Crippen LogP contribution in [0.1, 0.15) is 0 Å². The van der Waals surface area contributed by atoms with E-state index in [9.17, 15) is 0 Å². The lowest BCUT2D eigenvalue weighted by molar-refractivity contribution is 1.18. The Labute approximate surface area is 761 Å². The minimum absolute atomic E-state index is 1.11. The third kappa shape index (κ3) is 12.0. The number of fused-ring (bicyclic) bond motifs is 18. The normalized spacial score (nSPS) is 11.9. The van der Waals surface area contributed by atoms with Gasteiger partial charge in [0.15, 0.2) is 0 Å². The monoisotopic (exact) mass is 1680 g/mol. The van der Waals surface area contributed by atoms with Crippen LogP contribution in [0.2, 0.25) is 0 Å². The molecule has 0 aliphatic heterocycles. The van der Waals surface area contributed by atoms with Crippen molar-refractivity contribution in [2.24, 2.45) is 0 Å². The molecule has 27 aromatic rings. The van der Waals surface area contributed by atoms with Crippen molar-refractivity contribution < 1.29 is 0 Å². The molecule has 6 aromatic heterocycles. The van der Waals surface area contributed by atoms with E-state index in [0.29, 0.717) is 0 Å². The van der Waals surface area contributed by atoms with Crippen molar-refractivity contribution in [3.05, 3.63) is 485 Å². The fourth-order valence-corrected chi connectivity index (χ4v) is 21.7. The molecule has 0 bridgehead atoms. The van der Waals surface area contributed by atoms with Crippen LogP contribution in [-0.4, -0.2) is 27.4 Å². The SMILES string of the molecule is c1ccc(-n2c3ccccc3c3cc(-c4cccc(-c5ccc6c(c5)c5ccccc5n6-c5ccc(-c6cccc7c6c6ccccc6n7-c6cccc(-c7cccc(-c8cccc(-n9c%10ccccc%10c%10cc(-c%11ccc%12c(c%11)c%11ccc(-c%13cccc(-c%14ccc%15c%16ccccc%16n(-c%16ccccc%16)c%15c%14)c%13)cc%11n%12-c%11ccccc%11)ccc%109)c8)c7)c6)cc5)c4)ccc32)cc1. The average Bonchev–Trinajstić information content (AvgIpc) is 1.81. The van der Waals surface area contributed by atoms with E-state index in [-0.39, 0.29) is 0 Å². The Hall–Kier alpha value is -17.6. The lowest BCUT2D eigenvalue weighted by atomic mass is 9.97. The molecule has 0 unspecified atom stereocenters. The summed E-state index contributed by atoms with van der Waals surface area (Å²) in [6.45, 7) is 0. The summed E-state index contributed by atoms with van der Waals surface area (Å²) in [5.41, 5.74) is 39.6. The molecule has 0 N–H and O–H groups in total. The molecule has 21 aromatic carbocycles.